The summed E-state index contributed by atoms with van der Waals surface area (Å²) in [6, 6.07) is 0. The molecule has 2 amide bonds. The second kappa shape index (κ2) is 7.56. The SMILES string of the molecule is CCC1CC[C@H](COC(=O)CC2=CC(=O)NC2=O)CC1CC. The van der Waals surface area contributed by atoms with Crippen molar-refractivity contribution in [1.29, 1.82) is 0 Å². The molecule has 1 saturated carbocycles. The van der Waals surface area contributed by atoms with E-state index >= 15 is 0 Å². The van der Waals surface area contributed by atoms with E-state index in [1.54, 1.807) is 0 Å². The van der Waals surface area contributed by atoms with Crippen molar-refractivity contribution in [3.63, 3.8) is 0 Å². The molecular weight excluding hydrogens is 282 g/mol. The predicted molar refractivity (Wildman–Crippen MR) is 81.7 cm³/mol. The molecule has 1 N–H and O–H groups in total. The Kier molecular flexibility index (Phi) is 5.75. The maximum Gasteiger partial charge on any atom is 0.310 e. The van der Waals surface area contributed by atoms with Crippen molar-refractivity contribution >= 4 is 17.8 Å². The monoisotopic (exact) mass is 307 g/mol. The van der Waals surface area contributed by atoms with Gasteiger partial charge in [-0.25, -0.2) is 0 Å². The average molecular weight is 307 g/mol. The maximum absolute atomic E-state index is 11.8. The summed E-state index contributed by atoms with van der Waals surface area (Å²) in [5, 5.41) is 2.12. The minimum absolute atomic E-state index is 0.126. The van der Waals surface area contributed by atoms with Gasteiger partial charge in [0.2, 0.25) is 0 Å². The van der Waals surface area contributed by atoms with E-state index in [2.05, 4.69) is 19.2 Å². The van der Waals surface area contributed by atoms with Crippen LogP contribution in [0.25, 0.3) is 0 Å². The first kappa shape index (κ1) is 16.7. The van der Waals surface area contributed by atoms with Crippen LogP contribution in [0.4, 0.5) is 0 Å². The molecule has 1 aliphatic heterocycles. The van der Waals surface area contributed by atoms with E-state index in [-0.39, 0.29) is 12.0 Å². The van der Waals surface area contributed by atoms with Crippen molar-refractivity contribution in [1.82, 2.24) is 5.32 Å². The zero-order chi connectivity index (χ0) is 16.1. The first-order valence-corrected chi connectivity index (χ1v) is 8.24. The number of carbonyl (C=O) groups is 3. The number of imide groups is 1. The number of amides is 2. The number of esters is 1. The van der Waals surface area contributed by atoms with E-state index < -0.39 is 17.8 Å². The topological polar surface area (TPSA) is 72.5 Å². The summed E-state index contributed by atoms with van der Waals surface area (Å²) in [5.74, 6) is 0.568. The lowest BCUT2D eigenvalue weighted by Gasteiger charge is -2.35. The minimum atomic E-state index is -0.489. The van der Waals surface area contributed by atoms with Crippen LogP contribution in [0, 0.1) is 17.8 Å². The van der Waals surface area contributed by atoms with Gasteiger partial charge in [0.1, 0.15) is 0 Å². The highest BCUT2D eigenvalue weighted by molar-refractivity contribution is 6.17. The van der Waals surface area contributed by atoms with Gasteiger partial charge in [-0.15, -0.1) is 0 Å². The van der Waals surface area contributed by atoms with Crippen LogP contribution < -0.4 is 5.32 Å². The lowest BCUT2D eigenvalue weighted by molar-refractivity contribution is -0.145. The molecule has 1 fully saturated rings. The number of carbonyl (C=O) groups excluding carboxylic acids is 3. The standard InChI is InChI=1S/C17H25NO4/c1-3-12-6-5-11(7-13(12)4-2)10-22-16(20)9-14-8-15(19)18-17(14)21/h8,11-13H,3-7,9-10H2,1-2H3,(H,18,19,21)/t11-,12?,13?/m0/s1. The first-order valence-electron chi connectivity index (χ1n) is 8.24. The van der Waals surface area contributed by atoms with Crippen LogP contribution in [-0.4, -0.2) is 24.4 Å². The molecule has 2 rings (SSSR count). The summed E-state index contributed by atoms with van der Waals surface area (Å²) < 4.78 is 5.32. The molecule has 0 aromatic rings. The van der Waals surface area contributed by atoms with Crippen LogP contribution in [0.2, 0.25) is 0 Å². The Labute approximate surface area is 131 Å². The number of rotatable bonds is 6. The molecule has 3 atom stereocenters. The molecule has 5 nitrogen and oxygen atoms in total. The van der Waals surface area contributed by atoms with E-state index in [9.17, 15) is 14.4 Å². The molecule has 122 valence electrons. The summed E-state index contributed by atoms with van der Waals surface area (Å²) in [4.78, 5) is 34.2. The summed E-state index contributed by atoms with van der Waals surface area (Å²) in [6.45, 7) is 4.90. The van der Waals surface area contributed by atoms with Gasteiger partial charge >= 0.3 is 5.97 Å². The van der Waals surface area contributed by atoms with E-state index in [1.807, 2.05) is 0 Å². The highest BCUT2D eigenvalue weighted by atomic mass is 16.5. The highest BCUT2D eigenvalue weighted by Crippen LogP contribution is 2.37. The van der Waals surface area contributed by atoms with Gasteiger partial charge in [-0.05, 0) is 37.0 Å². The zero-order valence-corrected chi connectivity index (χ0v) is 13.4. The van der Waals surface area contributed by atoms with E-state index in [4.69, 9.17) is 4.74 Å². The van der Waals surface area contributed by atoms with Crippen molar-refractivity contribution in [3.05, 3.63) is 11.6 Å². The van der Waals surface area contributed by atoms with Crippen LogP contribution >= 0.6 is 0 Å². The number of hydrogen-bond donors (Lipinski definition) is 1. The lowest BCUT2D eigenvalue weighted by Crippen LogP contribution is -2.27. The fourth-order valence-electron chi connectivity index (χ4n) is 3.61. The predicted octanol–water partition coefficient (Wildman–Crippen LogP) is 2.36. The molecule has 0 saturated heterocycles. The molecule has 22 heavy (non-hydrogen) atoms. The van der Waals surface area contributed by atoms with Gasteiger partial charge in [-0.3, -0.25) is 19.7 Å². The molecular formula is C17H25NO4. The average Bonchev–Trinajstić information content (AvgIpc) is 2.82. The normalized spacial score (nSPS) is 28.3. The third-order valence-electron chi connectivity index (χ3n) is 4.95. The van der Waals surface area contributed by atoms with E-state index in [0.29, 0.717) is 12.5 Å². The fraction of sp³-hybridized carbons (Fsp3) is 0.706. The molecule has 0 bridgehead atoms. The highest BCUT2D eigenvalue weighted by Gasteiger charge is 2.29. The van der Waals surface area contributed by atoms with Crippen LogP contribution in [0.3, 0.4) is 0 Å². The van der Waals surface area contributed by atoms with Gasteiger partial charge in [0.15, 0.2) is 0 Å². The number of ether oxygens (including phenoxy) is 1. The van der Waals surface area contributed by atoms with Gasteiger partial charge in [-0.1, -0.05) is 26.7 Å². The van der Waals surface area contributed by atoms with Crippen LogP contribution in [0.15, 0.2) is 11.6 Å². The summed E-state index contributed by atoms with van der Waals surface area (Å²) in [7, 11) is 0. The van der Waals surface area contributed by atoms with Crippen molar-refractivity contribution < 1.29 is 19.1 Å². The molecule has 2 unspecified atom stereocenters. The zero-order valence-electron chi connectivity index (χ0n) is 13.4. The molecule has 0 radical (unpaired) electrons. The van der Waals surface area contributed by atoms with Gasteiger partial charge < -0.3 is 4.74 Å². The van der Waals surface area contributed by atoms with Crippen molar-refractivity contribution in [3.8, 4) is 0 Å². The minimum Gasteiger partial charge on any atom is -0.465 e. The molecule has 1 heterocycles. The van der Waals surface area contributed by atoms with E-state index in [1.165, 1.54) is 25.3 Å². The lowest BCUT2D eigenvalue weighted by atomic mass is 9.72. The van der Waals surface area contributed by atoms with Crippen molar-refractivity contribution in [2.45, 2.75) is 52.4 Å². The van der Waals surface area contributed by atoms with Crippen molar-refractivity contribution in [2.24, 2.45) is 17.8 Å². The Hall–Kier alpha value is -1.65. The second-order valence-corrected chi connectivity index (χ2v) is 6.36. The van der Waals surface area contributed by atoms with Gasteiger partial charge in [-0.2, -0.15) is 0 Å². The third-order valence-corrected chi connectivity index (χ3v) is 4.95. The Morgan fingerprint density at radius 3 is 2.55 bits per heavy atom. The first-order chi connectivity index (χ1) is 10.5. The van der Waals surface area contributed by atoms with Crippen molar-refractivity contribution in [2.75, 3.05) is 6.61 Å². The second-order valence-electron chi connectivity index (χ2n) is 6.36. The Morgan fingerprint density at radius 1 is 1.23 bits per heavy atom. The smallest absolute Gasteiger partial charge is 0.310 e. The summed E-state index contributed by atoms with van der Waals surface area (Å²) in [5.41, 5.74) is 0.191. The third kappa shape index (κ3) is 4.18. The van der Waals surface area contributed by atoms with E-state index in [0.717, 1.165) is 24.7 Å². The van der Waals surface area contributed by atoms with Crippen LogP contribution in [0.1, 0.15) is 52.4 Å². The number of hydrogen-bond acceptors (Lipinski definition) is 4. The molecule has 0 spiro atoms. The molecule has 1 aliphatic carbocycles. The molecule has 5 heteroatoms. The van der Waals surface area contributed by atoms with Gasteiger partial charge in [0.25, 0.3) is 11.8 Å². The maximum atomic E-state index is 11.8. The van der Waals surface area contributed by atoms with Crippen LogP contribution in [-0.2, 0) is 19.1 Å². The molecule has 0 aromatic heterocycles. The van der Waals surface area contributed by atoms with Crippen LogP contribution in [0.5, 0.6) is 0 Å². The Morgan fingerprint density at radius 2 is 1.95 bits per heavy atom. The summed E-state index contributed by atoms with van der Waals surface area (Å²) >= 11 is 0. The largest absolute Gasteiger partial charge is 0.465 e. The number of nitrogens with one attached hydrogen (secondary N) is 1. The Bertz CT molecular complexity index is 483. The fourth-order valence-corrected chi connectivity index (χ4v) is 3.61. The molecule has 0 aromatic carbocycles. The van der Waals surface area contributed by atoms with Gasteiger partial charge in [0, 0.05) is 11.6 Å². The Balaban J connectivity index is 1.76. The van der Waals surface area contributed by atoms with Gasteiger partial charge in [0.05, 0.1) is 13.0 Å². The quantitative estimate of drug-likeness (QED) is 0.604. The molecule has 2 aliphatic rings. The summed E-state index contributed by atoms with van der Waals surface area (Å²) in [6.07, 6.45) is 6.87.